The van der Waals surface area contributed by atoms with Gasteiger partial charge in [0.05, 0.1) is 12.0 Å². The lowest BCUT2D eigenvalue weighted by molar-refractivity contribution is -0.116. The van der Waals surface area contributed by atoms with Crippen LogP contribution in [0.4, 0.5) is 5.69 Å². The Morgan fingerprint density at radius 3 is 2.28 bits per heavy atom. The predicted molar refractivity (Wildman–Crippen MR) is 126 cm³/mol. The average molecular weight is 519 g/mol. The van der Waals surface area contributed by atoms with E-state index in [9.17, 15) is 18.0 Å². The maximum absolute atomic E-state index is 13.2. The van der Waals surface area contributed by atoms with E-state index >= 15 is 0 Å². The monoisotopic (exact) mass is 518 g/mol. The zero-order valence-corrected chi connectivity index (χ0v) is 20.5. The highest BCUT2D eigenvalue weighted by Crippen LogP contribution is 2.24. The van der Waals surface area contributed by atoms with Gasteiger partial charge < -0.3 is 14.6 Å². The number of amides is 1. The predicted octanol–water partition coefficient (Wildman–Crippen LogP) is 4.02. The van der Waals surface area contributed by atoms with Crippen LogP contribution in [0, 0.1) is 20.8 Å². The van der Waals surface area contributed by atoms with Gasteiger partial charge in [-0.05, 0) is 80.4 Å². The van der Waals surface area contributed by atoms with Crippen LogP contribution in [0.15, 0.2) is 67.6 Å². The first-order valence-corrected chi connectivity index (χ1v) is 12.0. The Morgan fingerprint density at radius 2 is 1.69 bits per heavy atom. The Morgan fingerprint density at radius 1 is 1.03 bits per heavy atom. The SMILES string of the molecule is COc1ccc(S(=O)(=O)c2c(C)cc(C)n(CC(=O)Nc3ccc(Br)c(C)c3)c2=O)cc1. The quantitative estimate of drug-likeness (QED) is 0.531. The molecule has 7 nitrogen and oxygen atoms in total. The molecule has 0 atom stereocenters. The lowest BCUT2D eigenvalue weighted by Gasteiger charge is -2.15. The van der Waals surface area contributed by atoms with Gasteiger partial charge in [-0.2, -0.15) is 0 Å². The van der Waals surface area contributed by atoms with Crippen molar-refractivity contribution in [3.05, 3.63) is 80.2 Å². The molecule has 168 valence electrons. The van der Waals surface area contributed by atoms with Gasteiger partial charge in [-0.15, -0.1) is 0 Å². The molecule has 0 bridgehead atoms. The molecular formula is C23H23BrN2O5S. The molecule has 0 spiro atoms. The summed E-state index contributed by atoms with van der Waals surface area (Å²) in [6.07, 6.45) is 0. The lowest BCUT2D eigenvalue weighted by atomic mass is 10.2. The van der Waals surface area contributed by atoms with E-state index < -0.39 is 21.3 Å². The van der Waals surface area contributed by atoms with Gasteiger partial charge in [0.2, 0.25) is 15.7 Å². The number of rotatable bonds is 6. The van der Waals surface area contributed by atoms with E-state index in [4.69, 9.17) is 4.74 Å². The minimum Gasteiger partial charge on any atom is -0.497 e. The van der Waals surface area contributed by atoms with Crippen molar-refractivity contribution in [1.82, 2.24) is 4.57 Å². The number of anilines is 1. The number of carbonyl (C=O) groups is 1. The molecule has 0 radical (unpaired) electrons. The number of carbonyl (C=O) groups excluding carboxylic acids is 1. The van der Waals surface area contributed by atoms with Crippen molar-refractivity contribution in [3.63, 3.8) is 0 Å². The number of pyridine rings is 1. The zero-order valence-electron chi connectivity index (χ0n) is 18.1. The van der Waals surface area contributed by atoms with E-state index in [1.807, 2.05) is 13.0 Å². The van der Waals surface area contributed by atoms with Crippen molar-refractivity contribution < 1.29 is 17.9 Å². The summed E-state index contributed by atoms with van der Waals surface area (Å²) in [5.74, 6) is 0.0652. The molecule has 0 aliphatic carbocycles. The first-order valence-electron chi connectivity index (χ1n) is 9.70. The molecule has 1 aromatic heterocycles. The molecular weight excluding hydrogens is 496 g/mol. The van der Waals surface area contributed by atoms with Crippen LogP contribution >= 0.6 is 15.9 Å². The second-order valence-electron chi connectivity index (χ2n) is 7.38. The Hall–Kier alpha value is -2.91. The topological polar surface area (TPSA) is 94.5 Å². The number of hydrogen-bond acceptors (Lipinski definition) is 5. The Balaban J connectivity index is 1.98. The van der Waals surface area contributed by atoms with Crippen LogP contribution in [-0.2, 0) is 21.2 Å². The maximum Gasteiger partial charge on any atom is 0.270 e. The van der Waals surface area contributed by atoms with Gasteiger partial charge in [0.15, 0.2) is 0 Å². The summed E-state index contributed by atoms with van der Waals surface area (Å²) < 4.78 is 33.6. The summed E-state index contributed by atoms with van der Waals surface area (Å²) in [6.45, 7) is 4.81. The molecule has 1 amide bonds. The molecule has 0 unspecified atom stereocenters. The molecule has 9 heteroatoms. The Kier molecular flexibility index (Phi) is 6.90. The van der Waals surface area contributed by atoms with Crippen molar-refractivity contribution >= 4 is 37.4 Å². The third-order valence-corrected chi connectivity index (χ3v) is 7.85. The van der Waals surface area contributed by atoms with Crippen molar-refractivity contribution in [3.8, 4) is 5.75 Å². The largest absolute Gasteiger partial charge is 0.497 e. The fraction of sp³-hybridized carbons (Fsp3) is 0.217. The number of benzene rings is 2. The maximum atomic E-state index is 13.2. The van der Waals surface area contributed by atoms with Gasteiger partial charge in [-0.25, -0.2) is 8.42 Å². The fourth-order valence-electron chi connectivity index (χ4n) is 3.37. The van der Waals surface area contributed by atoms with Crippen LogP contribution in [-0.4, -0.2) is 26.0 Å². The minimum atomic E-state index is -4.10. The summed E-state index contributed by atoms with van der Waals surface area (Å²) in [6, 6.07) is 12.7. The van der Waals surface area contributed by atoms with Gasteiger partial charge in [0, 0.05) is 15.9 Å². The van der Waals surface area contributed by atoms with Crippen LogP contribution in [0.1, 0.15) is 16.8 Å². The molecule has 0 aliphatic heterocycles. The number of nitrogens with zero attached hydrogens (tertiary/aromatic N) is 1. The molecule has 3 rings (SSSR count). The summed E-state index contributed by atoms with van der Waals surface area (Å²) in [7, 11) is -2.62. The molecule has 1 N–H and O–H groups in total. The molecule has 32 heavy (non-hydrogen) atoms. The third-order valence-electron chi connectivity index (χ3n) is 5.03. The number of halogens is 1. The highest BCUT2D eigenvalue weighted by molar-refractivity contribution is 9.10. The van der Waals surface area contributed by atoms with E-state index in [1.165, 1.54) is 35.9 Å². The standard InChI is InChI=1S/C23H23BrN2O5S/c1-14-12-17(5-10-20(14)24)25-21(27)13-26-16(3)11-15(2)22(23(26)28)32(29,30)19-8-6-18(31-4)7-9-19/h5-12H,13H2,1-4H3,(H,25,27). The second kappa shape index (κ2) is 9.30. The van der Waals surface area contributed by atoms with E-state index in [1.54, 1.807) is 32.0 Å². The van der Waals surface area contributed by atoms with E-state index in [2.05, 4.69) is 21.2 Å². The highest BCUT2D eigenvalue weighted by atomic mass is 79.9. The highest BCUT2D eigenvalue weighted by Gasteiger charge is 2.26. The first-order chi connectivity index (χ1) is 15.0. The van der Waals surface area contributed by atoms with Crippen LogP contribution in [0.2, 0.25) is 0 Å². The summed E-state index contributed by atoms with van der Waals surface area (Å²) >= 11 is 3.41. The molecule has 2 aromatic carbocycles. The third kappa shape index (κ3) is 4.78. The molecule has 0 aliphatic rings. The first kappa shape index (κ1) is 23.7. The molecule has 3 aromatic rings. The number of aromatic nitrogens is 1. The van der Waals surface area contributed by atoms with Crippen LogP contribution in [0.3, 0.4) is 0 Å². The molecule has 0 fully saturated rings. The number of hydrogen-bond donors (Lipinski definition) is 1. The molecule has 1 heterocycles. The number of ether oxygens (including phenoxy) is 1. The Labute approximate surface area is 195 Å². The minimum absolute atomic E-state index is 0.0244. The number of aryl methyl sites for hydroxylation is 3. The van der Waals surface area contributed by atoms with Gasteiger partial charge in [0.1, 0.15) is 17.2 Å². The Bertz CT molecular complexity index is 1350. The summed E-state index contributed by atoms with van der Waals surface area (Å²) in [5.41, 5.74) is 1.60. The van der Waals surface area contributed by atoms with Crippen LogP contribution in [0.5, 0.6) is 5.75 Å². The summed E-state index contributed by atoms with van der Waals surface area (Å²) in [4.78, 5) is 25.5. The van der Waals surface area contributed by atoms with E-state index in [-0.39, 0.29) is 16.3 Å². The zero-order chi connectivity index (χ0) is 23.6. The average Bonchev–Trinajstić information content (AvgIpc) is 2.73. The summed E-state index contributed by atoms with van der Waals surface area (Å²) in [5, 5.41) is 2.75. The van der Waals surface area contributed by atoms with Crippen molar-refractivity contribution in [2.75, 3.05) is 12.4 Å². The number of methoxy groups -OCH3 is 1. The van der Waals surface area contributed by atoms with Crippen molar-refractivity contribution in [1.29, 1.82) is 0 Å². The van der Waals surface area contributed by atoms with Crippen molar-refractivity contribution in [2.24, 2.45) is 0 Å². The number of nitrogens with one attached hydrogen (secondary N) is 1. The van der Waals surface area contributed by atoms with E-state index in [0.29, 0.717) is 22.7 Å². The molecule has 0 saturated carbocycles. The van der Waals surface area contributed by atoms with E-state index in [0.717, 1.165) is 10.0 Å². The lowest BCUT2D eigenvalue weighted by Crippen LogP contribution is -2.33. The molecule has 0 saturated heterocycles. The van der Waals surface area contributed by atoms with Crippen molar-refractivity contribution in [2.45, 2.75) is 37.1 Å². The second-order valence-corrected chi connectivity index (χ2v) is 10.1. The fourth-order valence-corrected chi connectivity index (χ4v) is 5.17. The number of sulfone groups is 1. The van der Waals surface area contributed by atoms with Gasteiger partial charge in [-0.1, -0.05) is 15.9 Å². The van der Waals surface area contributed by atoms with Crippen LogP contribution < -0.4 is 15.6 Å². The normalized spacial score (nSPS) is 11.3. The van der Waals surface area contributed by atoms with Gasteiger partial charge in [0.25, 0.3) is 5.56 Å². The van der Waals surface area contributed by atoms with Gasteiger partial charge >= 0.3 is 0 Å². The van der Waals surface area contributed by atoms with Crippen LogP contribution in [0.25, 0.3) is 0 Å². The smallest absolute Gasteiger partial charge is 0.270 e. The van der Waals surface area contributed by atoms with Gasteiger partial charge in [-0.3, -0.25) is 9.59 Å².